The number of fused-ring (bicyclic) bond motifs is 1. The molecule has 1 aromatic carbocycles. The molecule has 8 nitrogen and oxygen atoms in total. The fraction of sp³-hybridized carbons (Fsp3) is 0.125. The van der Waals surface area contributed by atoms with E-state index >= 15 is 0 Å². The maximum Gasteiger partial charge on any atom is 0.338 e. The van der Waals surface area contributed by atoms with Gasteiger partial charge in [-0.05, 0) is 24.3 Å². The van der Waals surface area contributed by atoms with Crippen molar-refractivity contribution in [2.45, 2.75) is 6.61 Å². The van der Waals surface area contributed by atoms with Crippen molar-refractivity contribution in [3.05, 3.63) is 63.5 Å². The van der Waals surface area contributed by atoms with E-state index in [1.807, 2.05) is 0 Å². The fourth-order valence-corrected chi connectivity index (χ4v) is 2.76. The van der Waals surface area contributed by atoms with E-state index < -0.39 is 11.9 Å². The highest BCUT2D eigenvalue weighted by Crippen LogP contribution is 2.14. The van der Waals surface area contributed by atoms with Crippen molar-refractivity contribution in [3.63, 3.8) is 0 Å². The van der Waals surface area contributed by atoms with Gasteiger partial charge in [-0.2, -0.15) is 0 Å². The van der Waals surface area contributed by atoms with Crippen molar-refractivity contribution in [2.75, 3.05) is 6.61 Å². The largest absolute Gasteiger partial charge is 0.484 e. The van der Waals surface area contributed by atoms with Crippen LogP contribution in [-0.4, -0.2) is 27.9 Å². The number of rotatable bonds is 6. The van der Waals surface area contributed by atoms with Gasteiger partial charge < -0.3 is 15.2 Å². The Bertz CT molecular complexity index is 977. The molecule has 0 saturated heterocycles. The van der Waals surface area contributed by atoms with E-state index in [2.05, 4.69) is 4.98 Å². The zero-order valence-corrected chi connectivity index (χ0v) is 13.7. The van der Waals surface area contributed by atoms with E-state index in [9.17, 15) is 14.4 Å². The second kappa shape index (κ2) is 7.14. The topological polar surface area (TPSA) is 113 Å². The molecule has 3 rings (SSSR count). The summed E-state index contributed by atoms with van der Waals surface area (Å²) in [6.07, 6.45) is 1.63. The second-order valence-electron chi connectivity index (χ2n) is 5.00. The van der Waals surface area contributed by atoms with E-state index in [-0.39, 0.29) is 18.8 Å². The number of ether oxygens (including phenoxy) is 2. The van der Waals surface area contributed by atoms with Gasteiger partial charge in [0.05, 0.1) is 11.3 Å². The Hall–Kier alpha value is -3.20. The van der Waals surface area contributed by atoms with E-state index in [0.717, 1.165) is 0 Å². The second-order valence-corrected chi connectivity index (χ2v) is 5.87. The van der Waals surface area contributed by atoms with Crippen molar-refractivity contribution in [1.29, 1.82) is 0 Å². The van der Waals surface area contributed by atoms with Crippen LogP contribution in [0.2, 0.25) is 0 Å². The normalized spacial score (nSPS) is 10.6. The standard InChI is InChI=1S/C16H13N3O5S/c17-13(20)9-23-12-3-1-10(2-4-12)15(22)24-8-11-7-14(21)19-5-6-25-16(19)18-11/h1-7H,8-9H2,(H2,17,20). The molecule has 3 aromatic rings. The summed E-state index contributed by atoms with van der Waals surface area (Å²) < 4.78 is 11.7. The third kappa shape index (κ3) is 4.01. The van der Waals surface area contributed by atoms with E-state index in [4.69, 9.17) is 15.2 Å². The monoisotopic (exact) mass is 359 g/mol. The summed E-state index contributed by atoms with van der Waals surface area (Å²) in [5.74, 6) is -0.739. The number of aromatic nitrogens is 2. The van der Waals surface area contributed by atoms with Gasteiger partial charge in [0.2, 0.25) is 0 Å². The summed E-state index contributed by atoms with van der Waals surface area (Å²) in [4.78, 5) is 39.4. The molecule has 0 bridgehead atoms. The molecule has 0 spiro atoms. The number of amides is 1. The van der Waals surface area contributed by atoms with Crippen LogP contribution >= 0.6 is 11.3 Å². The summed E-state index contributed by atoms with van der Waals surface area (Å²) in [7, 11) is 0. The third-order valence-corrected chi connectivity index (χ3v) is 3.94. The van der Waals surface area contributed by atoms with Gasteiger partial charge >= 0.3 is 5.97 Å². The van der Waals surface area contributed by atoms with Crippen molar-refractivity contribution in [3.8, 4) is 5.75 Å². The summed E-state index contributed by atoms with van der Waals surface area (Å²) in [5.41, 5.74) is 5.44. The van der Waals surface area contributed by atoms with Gasteiger partial charge in [-0.25, -0.2) is 9.78 Å². The molecule has 0 fully saturated rings. The number of nitrogens with two attached hydrogens (primary N) is 1. The molecule has 128 valence electrons. The first kappa shape index (κ1) is 16.7. The molecule has 1 amide bonds. The zero-order chi connectivity index (χ0) is 17.8. The number of esters is 1. The van der Waals surface area contributed by atoms with Crippen LogP contribution in [0.15, 0.2) is 46.7 Å². The van der Waals surface area contributed by atoms with E-state index in [0.29, 0.717) is 22.0 Å². The van der Waals surface area contributed by atoms with Gasteiger partial charge in [-0.15, -0.1) is 11.3 Å². The molecule has 2 N–H and O–H groups in total. The van der Waals surface area contributed by atoms with Crippen molar-refractivity contribution >= 4 is 28.2 Å². The molecule has 0 atom stereocenters. The minimum absolute atomic E-state index is 0.109. The van der Waals surface area contributed by atoms with Crippen LogP contribution in [0.1, 0.15) is 16.1 Å². The summed E-state index contributed by atoms with van der Waals surface area (Å²) in [6.45, 7) is -0.349. The molecule has 25 heavy (non-hydrogen) atoms. The van der Waals surface area contributed by atoms with Gasteiger partial charge in [0.15, 0.2) is 11.6 Å². The van der Waals surface area contributed by atoms with Gasteiger partial charge in [-0.1, -0.05) is 0 Å². The van der Waals surface area contributed by atoms with Crippen molar-refractivity contribution in [2.24, 2.45) is 5.73 Å². The minimum atomic E-state index is -0.588. The Kier molecular flexibility index (Phi) is 4.75. The lowest BCUT2D eigenvalue weighted by atomic mass is 10.2. The fourth-order valence-electron chi connectivity index (χ4n) is 2.03. The lowest BCUT2D eigenvalue weighted by Crippen LogP contribution is -2.20. The quantitative estimate of drug-likeness (QED) is 0.656. The lowest BCUT2D eigenvalue weighted by Gasteiger charge is -2.06. The molecule has 0 aliphatic heterocycles. The summed E-state index contributed by atoms with van der Waals surface area (Å²) >= 11 is 1.32. The van der Waals surface area contributed by atoms with Crippen LogP contribution in [0, 0.1) is 0 Å². The van der Waals surface area contributed by atoms with Gasteiger partial charge in [0.25, 0.3) is 11.5 Å². The summed E-state index contributed by atoms with van der Waals surface area (Å²) in [6, 6.07) is 7.39. The number of benzene rings is 1. The molecule has 0 unspecified atom stereocenters. The van der Waals surface area contributed by atoms with Crippen LogP contribution in [-0.2, 0) is 16.1 Å². The Morgan fingerprint density at radius 2 is 2.00 bits per heavy atom. The number of thiazole rings is 1. The number of nitrogens with zero attached hydrogens (tertiary/aromatic N) is 2. The molecule has 2 aromatic heterocycles. The van der Waals surface area contributed by atoms with Crippen LogP contribution in [0.5, 0.6) is 5.75 Å². The first-order chi connectivity index (χ1) is 12.0. The van der Waals surface area contributed by atoms with Crippen LogP contribution in [0.4, 0.5) is 0 Å². The average molecular weight is 359 g/mol. The maximum atomic E-state index is 12.0. The predicted molar refractivity (Wildman–Crippen MR) is 89.6 cm³/mol. The number of hydrogen-bond donors (Lipinski definition) is 1. The van der Waals surface area contributed by atoms with Crippen LogP contribution in [0.3, 0.4) is 0 Å². The van der Waals surface area contributed by atoms with E-state index in [1.54, 1.807) is 11.6 Å². The number of carbonyl (C=O) groups excluding carboxylic acids is 2. The molecule has 9 heteroatoms. The molecule has 2 heterocycles. The maximum absolute atomic E-state index is 12.0. The highest BCUT2D eigenvalue weighted by molar-refractivity contribution is 7.15. The number of primary amides is 1. The molecular weight excluding hydrogens is 346 g/mol. The van der Waals surface area contributed by atoms with E-state index in [1.165, 1.54) is 46.1 Å². The highest BCUT2D eigenvalue weighted by Gasteiger charge is 2.10. The highest BCUT2D eigenvalue weighted by atomic mass is 32.1. The number of carbonyl (C=O) groups is 2. The van der Waals surface area contributed by atoms with Gasteiger partial charge in [-0.3, -0.25) is 14.0 Å². The number of hydrogen-bond acceptors (Lipinski definition) is 7. The molecule has 0 aliphatic carbocycles. The van der Waals surface area contributed by atoms with Gasteiger partial charge in [0.1, 0.15) is 12.4 Å². The van der Waals surface area contributed by atoms with Crippen LogP contribution in [0.25, 0.3) is 4.96 Å². The van der Waals surface area contributed by atoms with Crippen molar-refractivity contribution in [1.82, 2.24) is 9.38 Å². The molecule has 0 aliphatic rings. The zero-order valence-electron chi connectivity index (χ0n) is 12.9. The first-order valence-corrected chi connectivity index (χ1v) is 8.05. The first-order valence-electron chi connectivity index (χ1n) is 7.17. The van der Waals surface area contributed by atoms with Crippen molar-refractivity contribution < 1.29 is 19.1 Å². The smallest absolute Gasteiger partial charge is 0.338 e. The Morgan fingerprint density at radius 3 is 2.72 bits per heavy atom. The third-order valence-electron chi connectivity index (χ3n) is 3.18. The molecular formula is C16H13N3O5S. The SMILES string of the molecule is NC(=O)COc1ccc(C(=O)OCc2cc(=O)n3ccsc3n2)cc1. The minimum Gasteiger partial charge on any atom is -0.484 e. The molecule has 0 saturated carbocycles. The van der Waals surface area contributed by atoms with Crippen LogP contribution < -0.4 is 16.0 Å². The van der Waals surface area contributed by atoms with Gasteiger partial charge in [0, 0.05) is 17.6 Å². The Morgan fingerprint density at radius 1 is 1.24 bits per heavy atom. The Balaban J connectivity index is 1.63. The average Bonchev–Trinajstić information content (AvgIpc) is 3.07. The molecule has 0 radical (unpaired) electrons. The lowest BCUT2D eigenvalue weighted by molar-refractivity contribution is -0.119. The summed E-state index contributed by atoms with van der Waals surface area (Å²) in [5, 5.41) is 1.75. The predicted octanol–water partition coefficient (Wildman–Crippen LogP) is 0.977. The Labute approximate surface area is 145 Å².